The summed E-state index contributed by atoms with van der Waals surface area (Å²) in [5, 5.41) is 2.88. The number of benzene rings is 1. The van der Waals surface area contributed by atoms with Crippen molar-refractivity contribution in [3.8, 4) is 5.75 Å². The molecule has 0 radical (unpaired) electrons. The fourth-order valence-corrected chi connectivity index (χ4v) is 1.50. The molecule has 3 N–H and O–H groups in total. The summed E-state index contributed by atoms with van der Waals surface area (Å²) >= 11 is 0. The van der Waals surface area contributed by atoms with Gasteiger partial charge in [0.25, 0.3) is 5.91 Å². The number of carbonyl (C=O) groups is 1. The van der Waals surface area contributed by atoms with Gasteiger partial charge in [-0.05, 0) is 24.5 Å². The molecule has 0 atom stereocenters. The molecule has 0 aliphatic rings. The number of hydrogen-bond acceptors (Lipinski definition) is 3. The lowest BCUT2D eigenvalue weighted by atomic mass is 9.97. The topological polar surface area (TPSA) is 64.3 Å². The van der Waals surface area contributed by atoms with E-state index in [1.54, 1.807) is 18.2 Å². The molecule has 1 amide bonds. The van der Waals surface area contributed by atoms with E-state index in [2.05, 4.69) is 26.1 Å². The molecule has 0 bridgehead atoms. The number of hydrogen-bond donors (Lipinski definition) is 2. The van der Waals surface area contributed by atoms with E-state index in [-0.39, 0.29) is 11.3 Å². The molecule has 1 aromatic rings. The highest BCUT2D eigenvalue weighted by atomic mass is 16.5. The molecule has 1 rings (SSSR count). The van der Waals surface area contributed by atoms with Gasteiger partial charge in [-0.15, -0.1) is 0 Å². The number of nitrogens with two attached hydrogens (primary N) is 1. The van der Waals surface area contributed by atoms with Crippen LogP contribution in [0.25, 0.3) is 0 Å². The van der Waals surface area contributed by atoms with E-state index in [9.17, 15) is 4.79 Å². The predicted molar refractivity (Wildman–Crippen MR) is 73.8 cm³/mol. The van der Waals surface area contributed by atoms with Gasteiger partial charge >= 0.3 is 0 Å². The van der Waals surface area contributed by atoms with Gasteiger partial charge in [-0.1, -0.05) is 26.8 Å². The van der Waals surface area contributed by atoms with Gasteiger partial charge in [0.05, 0.1) is 6.61 Å². The molecule has 100 valence electrons. The van der Waals surface area contributed by atoms with Crippen LogP contribution < -0.4 is 15.8 Å². The SMILES string of the molecule is CCOc1cccc(N)c1C(=O)NCC(C)(C)C. The Hall–Kier alpha value is -1.71. The Morgan fingerprint density at radius 2 is 2.06 bits per heavy atom. The molecule has 0 aliphatic carbocycles. The summed E-state index contributed by atoms with van der Waals surface area (Å²) in [6.45, 7) is 9.15. The van der Waals surface area contributed by atoms with Gasteiger partial charge in [0, 0.05) is 12.2 Å². The number of carbonyl (C=O) groups excluding carboxylic acids is 1. The molecule has 18 heavy (non-hydrogen) atoms. The van der Waals surface area contributed by atoms with E-state index in [0.717, 1.165) is 0 Å². The van der Waals surface area contributed by atoms with Crippen LogP contribution in [0.4, 0.5) is 5.69 Å². The van der Waals surface area contributed by atoms with Crippen LogP contribution in [0, 0.1) is 5.41 Å². The summed E-state index contributed by atoms with van der Waals surface area (Å²) in [6, 6.07) is 5.24. The number of rotatable bonds is 4. The molecular formula is C14H22N2O2. The molecule has 1 aromatic carbocycles. The van der Waals surface area contributed by atoms with Crippen molar-refractivity contribution in [3.05, 3.63) is 23.8 Å². The van der Waals surface area contributed by atoms with Crippen molar-refractivity contribution in [2.24, 2.45) is 5.41 Å². The average molecular weight is 250 g/mol. The minimum atomic E-state index is -0.188. The van der Waals surface area contributed by atoms with Crippen LogP contribution in [0.5, 0.6) is 5.75 Å². The summed E-state index contributed by atoms with van der Waals surface area (Å²) < 4.78 is 5.43. The van der Waals surface area contributed by atoms with Crippen molar-refractivity contribution in [1.29, 1.82) is 0 Å². The fourth-order valence-electron chi connectivity index (χ4n) is 1.50. The lowest BCUT2D eigenvalue weighted by Crippen LogP contribution is -2.33. The third kappa shape index (κ3) is 3.95. The first-order valence-corrected chi connectivity index (χ1v) is 6.14. The Labute approximate surface area is 109 Å². The normalized spacial score (nSPS) is 11.1. The van der Waals surface area contributed by atoms with E-state index in [4.69, 9.17) is 10.5 Å². The molecule has 0 saturated carbocycles. The van der Waals surface area contributed by atoms with Crippen molar-refractivity contribution in [1.82, 2.24) is 5.32 Å². The molecule has 0 aliphatic heterocycles. The largest absolute Gasteiger partial charge is 0.493 e. The third-order valence-corrected chi connectivity index (χ3v) is 2.36. The quantitative estimate of drug-likeness (QED) is 0.807. The van der Waals surface area contributed by atoms with Crippen molar-refractivity contribution in [2.45, 2.75) is 27.7 Å². The monoisotopic (exact) mass is 250 g/mol. The molecule has 0 saturated heterocycles. The van der Waals surface area contributed by atoms with E-state index >= 15 is 0 Å². The van der Waals surface area contributed by atoms with Crippen molar-refractivity contribution >= 4 is 11.6 Å². The maximum atomic E-state index is 12.1. The number of anilines is 1. The maximum Gasteiger partial charge on any atom is 0.257 e. The summed E-state index contributed by atoms with van der Waals surface area (Å²) in [5.41, 5.74) is 6.74. The van der Waals surface area contributed by atoms with E-state index in [0.29, 0.717) is 30.2 Å². The van der Waals surface area contributed by atoms with Gasteiger partial charge in [0.15, 0.2) is 0 Å². The molecule has 4 heteroatoms. The predicted octanol–water partition coefficient (Wildman–Crippen LogP) is 2.44. The second kappa shape index (κ2) is 5.76. The van der Waals surface area contributed by atoms with E-state index in [1.807, 2.05) is 6.92 Å². The maximum absolute atomic E-state index is 12.1. The van der Waals surface area contributed by atoms with Gasteiger partial charge < -0.3 is 15.8 Å². The number of amides is 1. The second-order valence-corrected chi connectivity index (χ2v) is 5.40. The summed E-state index contributed by atoms with van der Waals surface area (Å²) in [4.78, 5) is 12.1. The van der Waals surface area contributed by atoms with E-state index < -0.39 is 0 Å². The Bertz CT molecular complexity index is 422. The van der Waals surface area contributed by atoms with Crippen LogP contribution >= 0.6 is 0 Å². The summed E-state index contributed by atoms with van der Waals surface area (Å²) in [6.07, 6.45) is 0. The zero-order chi connectivity index (χ0) is 13.8. The molecule has 0 fully saturated rings. The van der Waals surface area contributed by atoms with Crippen LogP contribution in [-0.2, 0) is 0 Å². The first kappa shape index (κ1) is 14.4. The van der Waals surface area contributed by atoms with Crippen LogP contribution in [0.2, 0.25) is 0 Å². The van der Waals surface area contributed by atoms with Crippen LogP contribution in [0.3, 0.4) is 0 Å². The second-order valence-electron chi connectivity index (χ2n) is 5.40. The molecule has 0 unspecified atom stereocenters. The fraction of sp³-hybridized carbons (Fsp3) is 0.500. The van der Waals surface area contributed by atoms with Crippen LogP contribution in [0.1, 0.15) is 38.1 Å². The smallest absolute Gasteiger partial charge is 0.257 e. The third-order valence-electron chi connectivity index (χ3n) is 2.36. The van der Waals surface area contributed by atoms with Crippen LogP contribution in [0.15, 0.2) is 18.2 Å². The minimum absolute atomic E-state index is 0.0327. The Kier molecular flexibility index (Phi) is 4.59. The lowest BCUT2D eigenvalue weighted by molar-refractivity contribution is 0.0936. The number of ether oxygens (including phenoxy) is 1. The van der Waals surface area contributed by atoms with Crippen molar-refractivity contribution in [3.63, 3.8) is 0 Å². The molecular weight excluding hydrogens is 228 g/mol. The zero-order valence-corrected chi connectivity index (χ0v) is 11.5. The lowest BCUT2D eigenvalue weighted by Gasteiger charge is -2.20. The van der Waals surface area contributed by atoms with Crippen molar-refractivity contribution in [2.75, 3.05) is 18.9 Å². The minimum Gasteiger partial charge on any atom is -0.493 e. The van der Waals surface area contributed by atoms with Gasteiger partial charge in [0.2, 0.25) is 0 Å². The average Bonchev–Trinajstić information content (AvgIpc) is 2.26. The van der Waals surface area contributed by atoms with Gasteiger partial charge in [-0.3, -0.25) is 4.79 Å². The van der Waals surface area contributed by atoms with Crippen LogP contribution in [-0.4, -0.2) is 19.1 Å². The first-order chi connectivity index (χ1) is 8.35. The Morgan fingerprint density at radius 3 is 2.61 bits per heavy atom. The van der Waals surface area contributed by atoms with Gasteiger partial charge in [-0.2, -0.15) is 0 Å². The zero-order valence-electron chi connectivity index (χ0n) is 11.5. The molecule has 4 nitrogen and oxygen atoms in total. The highest BCUT2D eigenvalue weighted by Gasteiger charge is 2.18. The molecule has 0 heterocycles. The molecule has 0 spiro atoms. The standard InChI is InChI=1S/C14H22N2O2/c1-5-18-11-8-6-7-10(15)12(11)13(17)16-9-14(2,3)4/h6-8H,5,9,15H2,1-4H3,(H,16,17). The summed E-state index contributed by atoms with van der Waals surface area (Å²) in [5.74, 6) is 0.343. The van der Waals surface area contributed by atoms with E-state index in [1.165, 1.54) is 0 Å². The highest BCUT2D eigenvalue weighted by Crippen LogP contribution is 2.24. The molecule has 0 aromatic heterocycles. The van der Waals surface area contributed by atoms with Gasteiger partial charge in [-0.25, -0.2) is 0 Å². The number of nitrogen functional groups attached to an aromatic ring is 1. The number of nitrogens with one attached hydrogen (secondary N) is 1. The highest BCUT2D eigenvalue weighted by molar-refractivity contribution is 6.01. The Morgan fingerprint density at radius 1 is 1.39 bits per heavy atom. The summed E-state index contributed by atoms with van der Waals surface area (Å²) in [7, 11) is 0. The van der Waals surface area contributed by atoms with Gasteiger partial charge in [0.1, 0.15) is 11.3 Å². The Balaban J connectivity index is 2.90. The van der Waals surface area contributed by atoms with Crippen molar-refractivity contribution < 1.29 is 9.53 Å². The first-order valence-electron chi connectivity index (χ1n) is 6.14.